The lowest BCUT2D eigenvalue weighted by Gasteiger charge is -2.44. The van der Waals surface area contributed by atoms with E-state index in [-0.39, 0.29) is 22.7 Å². The highest BCUT2D eigenvalue weighted by molar-refractivity contribution is 5.89. The van der Waals surface area contributed by atoms with Gasteiger partial charge in [0.05, 0.1) is 12.7 Å². The number of esters is 1. The van der Waals surface area contributed by atoms with Crippen molar-refractivity contribution in [2.24, 2.45) is 0 Å². The maximum atomic E-state index is 12.0. The van der Waals surface area contributed by atoms with Gasteiger partial charge in [0.1, 0.15) is 0 Å². The highest BCUT2D eigenvalue weighted by Gasteiger charge is 2.39. The fourth-order valence-electron chi connectivity index (χ4n) is 4.56. The molecule has 0 aliphatic heterocycles. The Bertz CT molecular complexity index is 874. The monoisotopic (exact) mass is 364 g/mol. The maximum absolute atomic E-state index is 12.0. The SMILES string of the molecule is COC(=O)c1cccc(C(C)c2cc(C)cc3c2C(C)(C)CCC3(C)C)c1. The Morgan fingerprint density at radius 1 is 1.04 bits per heavy atom. The van der Waals surface area contributed by atoms with E-state index in [2.05, 4.69) is 59.7 Å². The number of fused-ring (bicyclic) bond motifs is 1. The minimum atomic E-state index is -0.281. The minimum absolute atomic E-state index is 0.155. The Morgan fingerprint density at radius 2 is 1.70 bits per heavy atom. The second-order valence-electron chi connectivity index (χ2n) is 9.38. The number of rotatable bonds is 3. The van der Waals surface area contributed by atoms with Crippen LogP contribution in [0.15, 0.2) is 36.4 Å². The lowest BCUT2D eigenvalue weighted by Crippen LogP contribution is -2.35. The minimum Gasteiger partial charge on any atom is -0.465 e. The lowest BCUT2D eigenvalue weighted by molar-refractivity contribution is 0.0600. The number of hydrogen-bond acceptors (Lipinski definition) is 2. The Kier molecular flexibility index (Phi) is 4.96. The first-order valence-corrected chi connectivity index (χ1v) is 9.90. The van der Waals surface area contributed by atoms with Crippen molar-refractivity contribution in [1.82, 2.24) is 0 Å². The fourth-order valence-corrected chi connectivity index (χ4v) is 4.56. The highest BCUT2D eigenvalue weighted by Crippen LogP contribution is 2.49. The van der Waals surface area contributed by atoms with Crippen molar-refractivity contribution >= 4 is 5.97 Å². The third kappa shape index (κ3) is 3.54. The van der Waals surface area contributed by atoms with Crippen LogP contribution in [0.5, 0.6) is 0 Å². The summed E-state index contributed by atoms with van der Waals surface area (Å²) in [5.74, 6) is -0.0618. The van der Waals surface area contributed by atoms with Gasteiger partial charge in [-0.15, -0.1) is 0 Å². The van der Waals surface area contributed by atoms with Crippen LogP contribution in [-0.2, 0) is 15.6 Å². The standard InChI is InChI=1S/C25H32O2/c1-16-13-20(17(2)18-9-8-10-19(15-18)23(26)27-7)22-21(14-16)24(3,4)11-12-25(22,5)6/h8-10,13-15,17H,11-12H2,1-7H3. The molecule has 0 aromatic heterocycles. The molecule has 0 fully saturated rings. The van der Waals surface area contributed by atoms with Crippen LogP contribution < -0.4 is 0 Å². The normalized spacial score (nSPS) is 18.5. The van der Waals surface area contributed by atoms with E-state index >= 15 is 0 Å². The average Bonchev–Trinajstić information content (AvgIpc) is 2.63. The van der Waals surface area contributed by atoms with E-state index in [0.717, 1.165) is 5.56 Å². The summed E-state index contributed by atoms with van der Waals surface area (Å²) >= 11 is 0. The van der Waals surface area contributed by atoms with Gasteiger partial charge in [0.2, 0.25) is 0 Å². The molecule has 1 aliphatic rings. The van der Waals surface area contributed by atoms with Crippen LogP contribution >= 0.6 is 0 Å². The third-order valence-electron chi connectivity index (χ3n) is 6.37. The molecule has 1 atom stereocenters. The van der Waals surface area contributed by atoms with Crippen LogP contribution in [0.3, 0.4) is 0 Å². The Labute approximate surface area is 164 Å². The number of methoxy groups -OCH3 is 1. The number of ether oxygens (including phenoxy) is 1. The molecular formula is C25H32O2. The molecule has 0 heterocycles. The lowest BCUT2D eigenvalue weighted by atomic mass is 9.60. The Balaban J connectivity index is 2.18. The van der Waals surface area contributed by atoms with Crippen molar-refractivity contribution in [3.63, 3.8) is 0 Å². The number of carbonyl (C=O) groups is 1. The van der Waals surface area contributed by atoms with Gasteiger partial charge in [0.15, 0.2) is 0 Å². The molecular weight excluding hydrogens is 332 g/mol. The Hall–Kier alpha value is -2.09. The van der Waals surface area contributed by atoms with E-state index in [0.29, 0.717) is 5.56 Å². The van der Waals surface area contributed by atoms with Gasteiger partial charge in [-0.3, -0.25) is 0 Å². The molecule has 0 amide bonds. The summed E-state index contributed by atoms with van der Waals surface area (Å²) in [6.45, 7) is 13.9. The summed E-state index contributed by atoms with van der Waals surface area (Å²) in [6.07, 6.45) is 2.40. The first-order valence-electron chi connectivity index (χ1n) is 9.90. The van der Waals surface area contributed by atoms with E-state index < -0.39 is 0 Å². The molecule has 2 heteroatoms. The van der Waals surface area contributed by atoms with Gasteiger partial charge in [-0.05, 0) is 65.0 Å². The van der Waals surface area contributed by atoms with Crippen molar-refractivity contribution in [2.45, 2.75) is 71.1 Å². The molecule has 3 rings (SSSR count). The maximum Gasteiger partial charge on any atom is 0.337 e. The van der Waals surface area contributed by atoms with Gasteiger partial charge in [-0.25, -0.2) is 4.79 Å². The number of aryl methyl sites for hydroxylation is 1. The van der Waals surface area contributed by atoms with Gasteiger partial charge in [-0.1, -0.05) is 64.4 Å². The van der Waals surface area contributed by atoms with Crippen molar-refractivity contribution in [3.05, 3.63) is 69.8 Å². The second-order valence-corrected chi connectivity index (χ2v) is 9.38. The summed E-state index contributed by atoms with van der Waals surface area (Å²) in [5, 5.41) is 0. The molecule has 2 aromatic carbocycles. The van der Waals surface area contributed by atoms with E-state index in [9.17, 15) is 4.79 Å². The predicted octanol–water partition coefficient (Wildman–Crippen LogP) is 6.28. The molecule has 0 bridgehead atoms. The van der Waals surface area contributed by atoms with Gasteiger partial charge < -0.3 is 4.74 Å². The van der Waals surface area contributed by atoms with Crippen molar-refractivity contribution < 1.29 is 9.53 Å². The Morgan fingerprint density at radius 3 is 2.37 bits per heavy atom. The van der Waals surface area contributed by atoms with E-state index in [4.69, 9.17) is 4.74 Å². The molecule has 0 radical (unpaired) electrons. The third-order valence-corrected chi connectivity index (χ3v) is 6.37. The molecule has 0 saturated heterocycles. The number of hydrogen-bond donors (Lipinski definition) is 0. The molecule has 0 spiro atoms. The first kappa shape index (κ1) is 19.7. The van der Waals surface area contributed by atoms with Crippen LogP contribution in [0, 0.1) is 6.92 Å². The summed E-state index contributed by atoms with van der Waals surface area (Å²) in [5.41, 5.74) is 7.81. The summed E-state index contributed by atoms with van der Waals surface area (Å²) in [7, 11) is 1.43. The molecule has 0 saturated carbocycles. The van der Waals surface area contributed by atoms with Crippen molar-refractivity contribution in [3.8, 4) is 0 Å². The molecule has 2 aromatic rings. The summed E-state index contributed by atoms with van der Waals surface area (Å²) in [4.78, 5) is 12.0. The van der Waals surface area contributed by atoms with Crippen molar-refractivity contribution in [1.29, 1.82) is 0 Å². The van der Waals surface area contributed by atoms with E-state index in [1.54, 1.807) is 0 Å². The van der Waals surface area contributed by atoms with Crippen molar-refractivity contribution in [2.75, 3.05) is 7.11 Å². The second kappa shape index (κ2) is 6.82. The number of benzene rings is 2. The van der Waals surface area contributed by atoms with Gasteiger partial charge in [0.25, 0.3) is 0 Å². The fraction of sp³-hybridized carbons (Fsp3) is 0.480. The van der Waals surface area contributed by atoms with Gasteiger partial charge in [0, 0.05) is 5.92 Å². The molecule has 2 nitrogen and oxygen atoms in total. The highest BCUT2D eigenvalue weighted by atomic mass is 16.5. The molecule has 1 aliphatic carbocycles. The van der Waals surface area contributed by atoms with Crippen LogP contribution in [0.25, 0.3) is 0 Å². The zero-order valence-electron chi connectivity index (χ0n) is 17.8. The quantitative estimate of drug-likeness (QED) is 0.599. The predicted molar refractivity (Wildman–Crippen MR) is 112 cm³/mol. The average molecular weight is 365 g/mol. The van der Waals surface area contributed by atoms with Gasteiger partial charge in [-0.2, -0.15) is 0 Å². The zero-order valence-corrected chi connectivity index (χ0v) is 17.8. The van der Waals surface area contributed by atoms with Crippen LogP contribution in [0.4, 0.5) is 0 Å². The van der Waals surface area contributed by atoms with Crippen LogP contribution in [-0.4, -0.2) is 13.1 Å². The smallest absolute Gasteiger partial charge is 0.337 e. The summed E-state index contributed by atoms with van der Waals surface area (Å²) in [6, 6.07) is 12.6. The largest absolute Gasteiger partial charge is 0.465 e. The molecule has 144 valence electrons. The summed E-state index contributed by atoms with van der Waals surface area (Å²) < 4.78 is 4.91. The molecule has 1 unspecified atom stereocenters. The van der Waals surface area contributed by atoms with E-state index in [1.807, 2.05) is 18.2 Å². The topological polar surface area (TPSA) is 26.3 Å². The molecule has 27 heavy (non-hydrogen) atoms. The van der Waals surface area contributed by atoms with Gasteiger partial charge >= 0.3 is 5.97 Å². The van der Waals surface area contributed by atoms with E-state index in [1.165, 1.54) is 42.2 Å². The van der Waals surface area contributed by atoms with Crippen LogP contribution in [0.1, 0.15) is 91.6 Å². The molecule has 0 N–H and O–H groups in total. The zero-order chi connectivity index (χ0) is 20.0. The number of carbonyl (C=O) groups excluding carboxylic acids is 1. The first-order chi connectivity index (χ1) is 12.6. The van der Waals surface area contributed by atoms with Crippen LogP contribution in [0.2, 0.25) is 0 Å².